The lowest BCUT2D eigenvalue weighted by atomic mass is 9.79. The van der Waals surface area contributed by atoms with Crippen LogP contribution in [0.25, 0.3) is 0 Å². The second-order valence-corrected chi connectivity index (χ2v) is 5.65. The van der Waals surface area contributed by atoms with Gasteiger partial charge in [0.15, 0.2) is 0 Å². The Bertz CT molecular complexity index is 271. The van der Waals surface area contributed by atoms with Gasteiger partial charge < -0.3 is 15.3 Å². The molecule has 1 aliphatic carbocycles. The Morgan fingerprint density at radius 1 is 1.47 bits per heavy atom. The van der Waals surface area contributed by atoms with Crippen molar-refractivity contribution in [1.29, 1.82) is 0 Å². The molecule has 2 rings (SSSR count). The van der Waals surface area contributed by atoms with Gasteiger partial charge in [-0.05, 0) is 45.6 Å². The Morgan fingerprint density at radius 2 is 2.24 bits per heavy atom. The Kier molecular flexibility index (Phi) is 4.05. The summed E-state index contributed by atoms with van der Waals surface area (Å²) in [6.45, 7) is 4.43. The highest BCUT2D eigenvalue weighted by Gasteiger charge is 2.40. The quantitative estimate of drug-likeness (QED) is 0.762. The van der Waals surface area contributed by atoms with E-state index in [0.717, 1.165) is 38.8 Å². The molecule has 1 atom stereocenters. The molecule has 4 heteroatoms. The summed E-state index contributed by atoms with van der Waals surface area (Å²) in [6.07, 6.45) is 5.46. The summed E-state index contributed by atoms with van der Waals surface area (Å²) in [4.78, 5) is 14.5. The third kappa shape index (κ3) is 2.63. The number of carbonyl (C=O) groups excluding carboxylic acids is 1. The number of aliphatic hydroxyl groups is 1. The standard InChI is InChI=1S/C13H24N2O2/c1-13(6-3-7-14-10-13)12(17)15(8-9-16)11-4-2-5-11/h11,14,16H,2-10H2,1H3. The molecule has 0 spiro atoms. The lowest BCUT2D eigenvalue weighted by molar-refractivity contribution is -0.147. The number of nitrogens with one attached hydrogen (secondary N) is 1. The SMILES string of the molecule is CC1(C(=O)N(CCO)C2CCC2)CCCNC1. The van der Waals surface area contributed by atoms with Gasteiger partial charge in [-0.2, -0.15) is 0 Å². The van der Waals surface area contributed by atoms with Crippen molar-refractivity contribution >= 4 is 5.91 Å². The molecule has 0 bridgehead atoms. The summed E-state index contributed by atoms with van der Waals surface area (Å²) in [5.74, 6) is 0.239. The van der Waals surface area contributed by atoms with Crippen LogP contribution in [-0.2, 0) is 4.79 Å². The molecule has 0 aromatic heterocycles. The fourth-order valence-electron chi connectivity index (χ4n) is 2.84. The van der Waals surface area contributed by atoms with E-state index in [1.165, 1.54) is 6.42 Å². The summed E-state index contributed by atoms with van der Waals surface area (Å²) in [7, 11) is 0. The molecule has 1 unspecified atom stereocenters. The number of carbonyl (C=O) groups is 1. The predicted octanol–water partition coefficient (Wildman–Crippen LogP) is 0.749. The molecule has 1 saturated carbocycles. The third-order valence-corrected chi connectivity index (χ3v) is 4.23. The van der Waals surface area contributed by atoms with Gasteiger partial charge >= 0.3 is 0 Å². The predicted molar refractivity (Wildman–Crippen MR) is 66.6 cm³/mol. The second kappa shape index (κ2) is 5.36. The number of piperidine rings is 1. The largest absolute Gasteiger partial charge is 0.395 e. The molecule has 4 nitrogen and oxygen atoms in total. The third-order valence-electron chi connectivity index (χ3n) is 4.23. The van der Waals surface area contributed by atoms with E-state index in [0.29, 0.717) is 12.6 Å². The van der Waals surface area contributed by atoms with E-state index in [1.54, 1.807) is 0 Å². The van der Waals surface area contributed by atoms with Crippen LogP contribution in [0.5, 0.6) is 0 Å². The van der Waals surface area contributed by atoms with Crippen LogP contribution in [-0.4, -0.2) is 48.2 Å². The average molecular weight is 240 g/mol. The first kappa shape index (κ1) is 12.8. The highest BCUT2D eigenvalue weighted by Crippen LogP contribution is 2.32. The molecular formula is C13H24N2O2. The molecule has 2 N–H and O–H groups in total. The van der Waals surface area contributed by atoms with Crippen molar-refractivity contribution < 1.29 is 9.90 Å². The van der Waals surface area contributed by atoms with Crippen molar-refractivity contribution in [2.75, 3.05) is 26.2 Å². The van der Waals surface area contributed by atoms with Crippen LogP contribution in [0.1, 0.15) is 39.0 Å². The van der Waals surface area contributed by atoms with Crippen molar-refractivity contribution in [3.05, 3.63) is 0 Å². The van der Waals surface area contributed by atoms with Gasteiger partial charge in [-0.15, -0.1) is 0 Å². The van der Waals surface area contributed by atoms with Crippen LogP contribution in [0, 0.1) is 5.41 Å². The molecule has 17 heavy (non-hydrogen) atoms. The highest BCUT2D eigenvalue weighted by atomic mass is 16.3. The number of nitrogens with zero attached hydrogens (tertiary/aromatic N) is 1. The zero-order chi connectivity index (χ0) is 12.3. The van der Waals surface area contributed by atoms with E-state index in [-0.39, 0.29) is 17.9 Å². The fourth-order valence-corrected chi connectivity index (χ4v) is 2.84. The molecule has 0 radical (unpaired) electrons. The number of amides is 1. The Labute approximate surface area is 103 Å². The molecule has 1 amide bonds. The van der Waals surface area contributed by atoms with Gasteiger partial charge in [-0.1, -0.05) is 0 Å². The monoisotopic (exact) mass is 240 g/mol. The van der Waals surface area contributed by atoms with Crippen LogP contribution < -0.4 is 5.32 Å². The first-order chi connectivity index (χ1) is 8.17. The Morgan fingerprint density at radius 3 is 2.71 bits per heavy atom. The van der Waals surface area contributed by atoms with Gasteiger partial charge in [0.25, 0.3) is 0 Å². The highest BCUT2D eigenvalue weighted by molar-refractivity contribution is 5.83. The van der Waals surface area contributed by atoms with Gasteiger partial charge in [-0.3, -0.25) is 4.79 Å². The molecular weight excluding hydrogens is 216 g/mol. The van der Waals surface area contributed by atoms with Crippen molar-refractivity contribution in [2.45, 2.75) is 45.1 Å². The molecule has 0 aromatic rings. The number of hydrogen-bond acceptors (Lipinski definition) is 3. The van der Waals surface area contributed by atoms with E-state index < -0.39 is 0 Å². The minimum Gasteiger partial charge on any atom is -0.395 e. The smallest absolute Gasteiger partial charge is 0.230 e. The Balaban J connectivity index is 2.03. The molecule has 1 saturated heterocycles. The maximum Gasteiger partial charge on any atom is 0.230 e. The molecule has 1 heterocycles. The van der Waals surface area contributed by atoms with Crippen molar-refractivity contribution in [3.8, 4) is 0 Å². The summed E-state index contributed by atoms with van der Waals surface area (Å²) in [5.41, 5.74) is -0.261. The minimum atomic E-state index is -0.261. The van der Waals surface area contributed by atoms with Crippen LogP contribution in [0.4, 0.5) is 0 Å². The van der Waals surface area contributed by atoms with Gasteiger partial charge in [0.2, 0.25) is 5.91 Å². The average Bonchev–Trinajstić information content (AvgIpc) is 2.26. The van der Waals surface area contributed by atoms with Crippen LogP contribution >= 0.6 is 0 Å². The van der Waals surface area contributed by atoms with Crippen LogP contribution in [0.15, 0.2) is 0 Å². The lowest BCUT2D eigenvalue weighted by Gasteiger charge is -2.43. The molecule has 98 valence electrons. The second-order valence-electron chi connectivity index (χ2n) is 5.65. The zero-order valence-electron chi connectivity index (χ0n) is 10.7. The number of aliphatic hydroxyl groups excluding tert-OH is 1. The summed E-state index contributed by atoms with van der Waals surface area (Å²) >= 11 is 0. The first-order valence-electron chi connectivity index (χ1n) is 6.80. The fraction of sp³-hybridized carbons (Fsp3) is 0.923. The van der Waals surface area contributed by atoms with Crippen molar-refractivity contribution in [2.24, 2.45) is 5.41 Å². The van der Waals surface area contributed by atoms with Crippen molar-refractivity contribution in [1.82, 2.24) is 10.2 Å². The zero-order valence-corrected chi connectivity index (χ0v) is 10.7. The normalized spacial score (nSPS) is 29.8. The summed E-state index contributed by atoms with van der Waals surface area (Å²) in [6, 6.07) is 0.383. The minimum absolute atomic E-state index is 0.0751. The van der Waals surface area contributed by atoms with Gasteiger partial charge in [0.1, 0.15) is 0 Å². The van der Waals surface area contributed by atoms with Gasteiger partial charge in [-0.25, -0.2) is 0 Å². The maximum atomic E-state index is 12.6. The van der Waals surface area contributed by atoms with Crippen molar-refractivity contribution in [3.63, 3.8) is 0 Å². The van der Waals surface area contributed by atoms with E-state index in [4.69, 9.17) is 5.11 Å². The van der Waals surface area contributed by atoms with E-state index >= 15 is 0 Å². The maximum absolute atomic E-state index is 12.6. The van der Waals surface area contributed by atoms with Gasteiger partial charge in [0, 0.05) is 19.1 Å². The Hall–Kier alpha value is -0.610. The van der Waals surface area contributed by atoms with Gasteiger partial charge in [0.05, 0.1) is 12.0 Å². The number of rotatable bonds is 4. The number of hydrogen-bond donors (Lipinski definition) is 2. The first-order valence-corrected chi connectivity index (χ1v) is 6.80. The summed E-state index contributed by atoms with van der Waals surface area (Å²) < 4.78 is 0. The lowest BCUT2D eigenvalue weighted by Crippen LogP contribution is -2.55. The molecule has 2 fully saturated rings. The van der Waals surface area contributed by atoms with E-state index in [2.05, 4.69) is 12.2 Å². The molecule has 2 aliphatic rings. The van der Waals surface area contributed by atoms with E-state index in [9.17, 15) is 4.79 Å². The topological polar surface area (TPSA) is 52.6 Å². The van der Waals surface area contributed by atoms with Crippen LogP contribution in [0.3, 0.4) is 0 Å². The van der Waals surface area contributed by atoms with E-state index in [1.807, 2.05) is 4.90 Å². The summed E-state index contributed by atoms with van der Waals surface area (Å²) in [5, 5.41) is 12.4. The van der Waals surface area contributed by atoms with Crippen LogP contribution in [0.2, 0.25) is 0 Å². The molecule has 0 aromatic carbocycles. The molecule has 1 aliphatic heterocycles.